The summed E-state index contributed by atoms with van der Waals surface area (Å²) in [5, 5.41) is 12.2. The van der Waals surface area contributed by atoms with Crippen molar-refractivity contribution in [1.82, 2.24) is 10.2 Å². The van der Waals surface area contributed by atoms with E-state index >= 15 is 0 Å². The number of likely N-dealkylation sites (tertiary alicyclic amines) is 1. The Balaban J connectivity index is 2.14. The third-order valence-electron chi connectivity index (χ3n) is 3.35. The number of benzene rings is 1. The number of piperidine rings is 1. The molecule has 1 atom stereocenters. The quantitative estimate of drug-likeness (QED) is 0.773. The standard InChI is InChI=1S/C14H16N2O4/c1-8-3-5-11(17)9(7-8)13(19)15-10-4-6-12(18)16(2)14(10)20/h3,5,7,10,17H,4,6H2,1-2H3,(H,15,19). The molecule has 0 spiro atoms. The third kappa shape index (κ3) is 2.64. The van der Waals surface area contributed by atoms with Gasteiger partial charge in [-0.3, -0.25) is 19.3 Å². The van der Waals surface area contributed by atoms with Crippen molar-refractivity contribution >= 4 is 17.7 Å². The van der Waals surface area contributed by atoms with Gasteiger partial charge in [0, 0.05) is 13.5 Å². The van der Waals surface area contributed by atoms with Crippen LogP contribution < -0.4 is 5.32 Å². The molecule has 1 aromatic carbocycles. The van der Waals surface area contributed by atoms with E-state index in [-0.39, 0.29) is 30.1 Å². The highest BCUT2D eigenvalue weighted by Crippen LogP contribution is 2.19. The fourth-order valence-corrected chi connectivity index (χ4v) is 2.12. The molecule has 20 heavy (non-hydrogen) atoms. The van der Waals surface area contributed by atoms with Crippen molar-refractivity contribution < 1.29 is 19.5 Å². The van der Waals surface area contributed by atoms with E-state index in [1.54, 1.807) is 19.1 Å². The number of aromatic hydroxyl groups is 1. The van der Waals surface area contributed by atoms with Crippen LogP contribution in [0, 0.1) is 6.92 Å². The molecule has 1 heterocycles. The van der Waals surface area contributed by atoms with Crippen molar-refractivity contribution in [3.63, 3.8) is 0 Å². The number of hydrogen-bond donors (Lipinski definition) is 2. The van der Waals surface area contributed by atoms with Crippen LogP contribution in [0.2, 0.25) is 0 Å². The molecule has 106 valence electrons. The van der Waals surface area contributed by atoms with Crippen LogP contribution in [0.15, 0.2) is 18.2 Å². The Morgan fingerprint density at radius 3 is 2.80 bits per heavy atom. The lowest BCUT2D eigenvalue weighted by atomic mass is 10.0. The van der Waals surface area contributed by atoms with Gasteiger partial charge in [0.25, 0.3) is 11.8 Å². The zero-order valence-corrected chi connectivity index (χ0v) is 11.3. The van der Waals surface area contributed by atoms with Crippen LogP contribution >= 0.6 is 0 Å². The van der Waals surface area contributed by atoms with Gasteiger partial charge in [-0.2, -0.15) is 0 Å². The first kappa shape index (κ1) is 14.0. The van der Waals surface area contributed by atoms with Crippen LogP contribution in [-0.4, -0.2) is 40.8 Å². The summed E-state index contributed by atoms with van der Waals surface area (Å²) in [6.45, 7) is 1.80. The second-order valence-corrected chi connectivity index (χ2v) is 4.88. The van der Waals surface area contributed by atoms with Gasteiger partial charge in [-0.05, 0) is 25.5 Å². The van der Waals surface area contributed by atoms with Gasteiger partial charge in [-0.25, -0.2) is 0 Å². The minimum Gasteiger partial charge on any atom is -0.507 e. The van der Waals surface area contributed by atoms with Crippen molar-refractivity contribution in [1.29, 1.82) is 0 Å². The van der Waals surface area contributed by atoms with E-state index in [0.717, 1.165) is 10.5 Å². The predicted octanol–water partition coefficient (Wildman–Crippen LogP) is 0.578. The predicted molar refractivity (Wildman–Crippen MR) is 71.1 cm³/mol. The Morgan fingerprint density at radius 1 is 1.40 bits per heavy atom. The maximum Gasteiger partial charge on any atom is 0.255 e. The summed E-state index contributed by atoms with van der Waals surface area (Å²) in [6, 6.07) is 3.94. The van der Waals surface area contributed by atoms with Gasteiger partial charge in [0.2, 0.25) is 5.91 Å². The number of hydrogen-bond acceptors (Lipinski definition) is 4. The zero-order valence-electron chi connectivity index (χ0n) is 11.3. The largest absolute Gasteiger partial charge is 0.507 e. The average Bonchev–Trinajstić information content (AvgIpc) is 2.42. The van der Waals surface area contributed by atoms with Gasteiger partial charge in [0.1, 0.15) is 11.8 Å². The van der Waals surface area contributed by atoms with Crippen LogP contribution in [0.25, 0.3) is 0 Å². The lowest BCUT2D eigenvalue weighted by Crippen LogP contribution is -2.52. The van der Waals surface area contributed by atoms with Gasteiger partial charge >= 0.3 is 0 Å². The third-order valence-corrected chi connectivity index (χ3v) is 3.35. The number of carbonyl (C=O) groups excluding carboxylic acids is 3. The number of rotatable bonds is 2. The maximum atomic E-state index is 12.1. The summed E-state index contributed by atoms with van der Waals surface area (Å²) in [6.07, 6.45) is 0.493. The number of nitrogens with zero attached hydrogens (tertiary/aromatic N) is 1. The minimum atomic E-state index is -0.731. The Labute approximate surface area is 116 Å². The molecule has 1 fully saturated rings. The second-order valence-electron chi connectivity index (χ2n) is 4.88. The van der Waals surface area contributed by atoms with Crippen LogP contribution in [0.1, 0.15) is 28.8 Å². The average molecular weight is 276 g/mol. The lowest BCUT2D eigenvalue weighted by molar-refractivity contribution is -0.147. The molecule has 0 aliphatic carbocycles. The summed E-state index contributed by atoms with van der Waals surface area (Å²) in [5.74, 6) is -1.34. The highest BCUT2D eigenvalue weighted by molar-refractivity contribution is 6.04. The number of phenols is 1. The van der Waals surface area contributed by atoms with E-state index in [1.807, 2.05) is 0 Å². The first-order chi connectivity index (χ1) is 9.40. The van der Waals surface area contributed by atoms with Gasteiger partial charge in [0.05, 0.1) is 5.56 Å². The van der Waals surface area contributed by atoms with E-state index in [2.05, 4.69) is 5.32 Å². The highest BCUT2D eigenvalue weighted by atomic mass is 16.3. The summed E-state index contributed by atoms with van der Waals surface area (Å²) in [5.41, 5.74) is 0.951. The molecular formula is C14H16N2O4. The molecule has 2 N–H and O–H groups in total. The number of aryl methyl sites for hydroxylation is 1. The number of phenolic OH excluding ortho intramolecular Hbond substituents is 1. The molecule has 6 nitrogen and oxygen atoms in total. The van der Waals surface area contributed by atoms with Crippen molar-refractivity contribution in [3.8, 4) is 5.75 Å². The van der Waals surface area contributed by atoms with E-state index in [0.29, 0.717) is 0 Å². The molecule has 1 aliphatic rings. The summed E-state index contributed by atoms with van der Waals surface area (Å²) in [4.78, 5) is 36.4. The Hall–Kier alpha value is -2.37. The maximum absolute atomic E-state index is 12.1. The number of amides is 3. The molecule has 2 rings (SSSR count). The molecule has 1 aromatic rings. The van der Waals surface area contributed by atoms with Crippen LogP contribution in [0.5, 0.6) is 5.75 Å². The first-order valence-electron chi connectivity index (χ1n) is 6.31. The molecule has 6 heteroatoms. The molecule has 0 saturated carbocycles. The van der Waals surface area contributed by atoms with Crippen molar-refractivity contribution in [3.05, 3.63) is 29.3 Å². The Morgan fingerprint density at radius 2 is 2.10 bits per heavy atom. The van der Waals surface area contributed by atoms with Crippen molar-refractivity contribution in [2.75, 3.05) is 7.05 Å². The monoisotopic (exact) mass is 276 g/mol. The second kappa shape index (κ2) is 5.32. The van der Waals surface area contributed by atoms with Crippen molar-refractivity contribution in [2.24, 2.45) is 0 Å². The topological polar surface area (TPSA) is 86.7 Å². The Bertz CT molecular complexity index is 583. The summed E-state index contributed by atoms with van der Waals surface area (Å²) < 4.78 is 0. The fourth-order valence-electron chi connectivity index (χ4n) is 2.12. The number of nitrogens with one attached hydrogen (secondary N) is 1. The molecule has 0 bridgehead atoms. The first-order valence-corrected chi connectivity index (χ1v) is 6.31. The molecule has 0 radical (unpaired) electrons. The SMILES string of the molecule is Cc1ccc(O)c(C(=O)NC2CCC(=O)N(C)C2=O)c1. The smallest absolute Gasteiger partial charge is 0.255 e. The van der Waals surface area contributed by atoms with Gasteiger partial charge in [-0.1, -0.05) is 11.6 Å². The van der Waals surface area contributed by atoms with E-state index in [4.69, 9.17) is 0 Å². The highest BCUT2D eigenvalue weighted by Gasteiger charge is 2.33. The normalized spacial score (nSPS) is 19.1. The lowest BCUT2D eigenvalue weighted by Gasteiger charge is -2.28. The summed E-state index contributed by atoms with van der Waals surface area (Å²) in [7, 11) is 1.40. The van der Waals surface area contributed by atoms with Gasteiger partial charge < -0.3 is 10.4 Å². The van der Waals surface area contributed by atoms with Gasteiger partial charge in [0.15, 0.2) is 0 Å². The molecule has 1 unspecified atom stereocenters. The molecule has 1 saturated heterocycles. The van der Waals surface area contributed by atoms with Crippen LogP contribution in [-0.2, 0) is 9.59 Å². The van der Waals surface area contributed by atoms with E-state index in [1.165, 1.54) is 13.1 Å². The number of likely N-dealkylation sites (N-methyl/N-ethyl adjacent to an activating group) is 1. The molecular weight excluding hydrogens is 260 g/mol. The van der Waals surface area contributed by atoms with Crippen LogP contribution in [0.3, 0.4) is 0 Å². The zero-order chi connectivity index (χ0) is 14.9. The molecule has 3 amide bonds. The van der Waals surface area contributed by atoms with Gasteiger partial charge in [-0.15, -0.1) is 0 Å². The Kier molecular flexibility index (Phi) is 3.74. The van der Waals surface area contributed by atoms with Crippen LogP contribution in [0.4, 0.5) is 0 Å². The fraction of sp³-hybridized carbons (Fsp3) is 0.357. The van der Waals surface area contributed by atoms with E-state index in [9.17, 15) is 19.5 Å². The van der Waals surface area contributed by atoms with Crippen molar-refractivity contribution in [2.45, 2.75) is 25.8 Å². The number of imide groups is 1. The minimum absolute atomic E-state index is 0.123. The molecule has 0 aromatic heterocycles. The number of carbonyl (C=O) groups is 3. The molecule has 1 aliphatic heterocycles. The summed E-state index contributed by atoms with van der Waals surface area (Å²) >= 11 is 0. The van der Waals surface area contributed by atoms with E-state index < -0.39 is 17.9 Å².